The lowest BCUT2D eigenvalue weighted by Gasteiger charge is -2.31. The molecule has 2 aromatic carbocycles. The van der Waals surface area contributed by atoms with Crippen molar-refractivity contribution in [3.63, 3.8) is 0 Å². The maximum Gasteiger partial charge on any atom is 0.127 e. The Morgan fingerprint density at radius 3 is 2.71 bits per heavy atom. The van der Waals surface area contributed by atoms with Gasteiger partial charge in [-0.1, -0.05) is 37.9 Å². The van der Waals surface area contributed by atoms with Gasteiger partial charge in [0.05, 0.1) is 7.11 Å². The molecule has 1 heterocycles. The molecule has 2 aromatic rings. The van der Waals surface area contributed by atoms with Crippen LogP contribution in [-0.4, -0.2) is 7.11 Å². The Kier molecular flexibility index (Phi) is 4.24. The molecule has 0 fully saturated rings. The summed E-state index contributed by atoms with van der Waals surface area (Å²) in [6, 6.07) is 11.8. The summed E-state index contributed by atoms with van der Waals surface area (Å²) in [4.78, 5) is 0. The fraction of sp³-hybridized carbons (Fsp3) is 0.250. The first-order valence-electron chi connectivity index (χ1n) is 6.63. The number of fused-ring (bicyclic) bond motifs is 1. The van der Waals surface area contributed by atoms with Gasteiger partial charge in [0.2, 0.25) is 0 Å². The minimum atomic E-state index is -0.0914. The second-order valence-electron chi connectivity index (χ2n) is 5.02. The quantitative estimate of drug-likeness (QED) is 0.774. The smallest absolute Gasteiger partial charge is 0.127 e. The van der Waals surface area contributed by atoms with Gasteiger partial charge < -0.3 is 15.2 Å². The van der Waals surface area contributed by atoms with E-state index in [0.717, 1.165) is 38.0 Å². The van der Waals surface area contributed by atoms with Gasteiger partial charge in [0.25, 0.3) is 0 Å². The van der Waals surface area contributed by atoms with Gasteiger partial charge in [0.1, 0.15) is 17.6 Å². The number of benzene rings is 2. The topological polar surface area (TPSA) is 44.5 Å². The van der Waals surface area contributed by atoms with E-state index in [0.29, 0.717) is 0 Å². The van der Waals surface area contributed by atoms with Crippen molar-refractivity contribution in [3.8, 4) is 11.5 Å². The molecular formula is C16H15Br2NO2. The second-order valence-corrected chi connectivity index (χ2v) is 6.79. The van der Waals surface area contributed by atoms with Crippen LogP contribution < -0.4 is 15.2 Å². The van der Waals surface area contributed by atoms with E-state index in [1.54, 1.807) is 7.11 Å². The first kappa shape index (κ1) is 14.9. The van der Waals surface area contributed by atoms with Crippen LogP contribution in [0, 0.1) is 0 Å². The fourth-order valence-corrected chi connectivity index (χ4v) is 3.40. The van der Waals surface area contributed by atoms with E-state index < -0.39 is 0 Å². The molecule has 0 amide bonds. The Morgan fingerprint density at radius 1 is 1.14 bits per heavy atom. The number of ether oxygens (including phenoxy) is 2. The molecule has 0 aromatic heterocycles. The van der Waals surface area contributed by atoms with Crippen LogP contribution in [0.2, 0.25) is 0 Å². The molecule has 2 N–H and O–H groups in total. The average Bonchev–Trinajstić information content (AvgIpc) is 2.47. The Hall–Kier alpha value is -1.04. The van der Waals surface area contributed by atoms with Crippen LogP contribution >= 0.6 is 31.9 Å². The van der Waals surface area contributed by atoms with Gasteiger partial charge in [-0.05, 0) is 30.3 Å². The summed E-state index contributed by atoms with van der Waals surface area (Å²) < 4.78 is 13.4. The van der Waals surface area contributed by atoms with E-state index in [4.69, 9.17) is 15.2 Å². The third-order valence-corrected chi connectivity index (χ3v) is 4.88. The molecule has 0 spiro atoms. The zero-order valence-electron chi connectivity index (χ0n) is 11.5. The molecule has 0 radical (unpaired) electrons. The number of rotatable bonds is 2. The maximum absolute atomic E-state index is 6.30. The molecule has 0 aliphatic carbocycles. The van der Waals surface area contributed by atoms with Crippen LogP contribution in [0.1, 0.15) is 29.7 Å². The third kappa shape index (κ3) is 2.96. The Bertz CT molecular complexity index is 675. The molecular weight excluding hydrogens is 398 g/mol. The highest BCUT2D eigenvalue weighted by atomic mass is 79.9. The van der Waals surface area contributed by atoms with Gasteiger partial charge in [0, 0.05) is 32.5 Å². The van der Waals surface area contributed by atoms with Crippen LogP contribution in [0.15, 0.2) is 45.3 Å². The summed E-state index contributed by atoms with van der Waals surface area (Å²) in [6.07, 6.45) is 0.645. The first-order chi connectivity index (χ1) is 10.1. The van der Waals surface area contributed by atoms with Crippen molar-refractivity contribution in [1.82, 2.24) is 0 Å². The van der Waals surface area contributed by atoms with Gasteiger partial charge in [0.15, 0.2) is 0 Å². The van der Waals surface area contributed by atoms with Crippen molar-refractivity contribution in [3.05, 3.63) is 56.5 Å². The predicted octanol–water partition coefficient (Wildman–Crippen LogP) is 4.74. The van der Waals surface area contributed by atoms with Crippen molar-refractivity contribution in [2.75, 3.05) is 7.11 Å². The fourth-order valence-electron chi connectivity index (χ4n) is 2.56. The monoisotopic (exact) mass is 411 g/mol. The number of halogens is 2. The van der Waals surface area contributed by atoms with Crippen molar-refractivity contribution in [2.45, 2.75) is 18.6 Å². The van der Waals surface area contributed by atoms with E-state index in [-0.39, 0.29) is 12.1 Å². The molecule has 0 bridgehead atoms. The van der Waals surface area contributed by atoms with E-state index in [1.165, 1.54) is 0 Å². The number of hydrogen-bond acceptors (Lipinski definition) is 3. The lowest BCUT2D eigenvalue weighted by molar-refractivity contribution is 0.160. The lowest BCUT2D eigenvalue weighted by atomic mass is 9.93. The average molecular weight is 413 g/mol. The van der Waals surface area contributed by atoms with Gasteiger partial charge in [-0.2, -0.15) is 0 Å². The van der Waals surface area contributed by atoms with Crippen molar-refractivity contribution in [2.24, 2.45) is 5.73 Å². The molecule has 3 rings (SSSR count). The molecule has 1 aliphatic rings. The summed E-state index contributed by atoms with van der Waals surface area (Å²) in [5.74, 6) is 1.65. The molecule has 0 saturated heterocycles. The number of hydrogen-bond donors (Lipinski definition) is 1. The minimum Gasteiger partial charge on any atom is -0.497 e. The highest BCUT2D eigenvalue weighted by Gasteiger charge is 2.28. The highest BCUT2D eigenvalue weighted by Crippen LogP contribution is 2.43. The molecule has 110 valence electrons. The van der Waals surface area contributed by atoms with E-state index in [2.05, 4.69) is 31.9 Å². The summed E-state index contributed by atoms with van der Waals surface area (Å²) in [5, 5.41) is 0. The second kappa shape index (κ2) is 5.99. The van der Waals surface area contributed by atoms with Gasteiger partial charge in [-0.15, -0.1) is 0 Å². The Labute approximate surface area is 140 Å². The molecule has 2 atom stereocenters. The Morgan fingerprint density at radius 2 is 1.95 bits per heavy atom. The van der Waals surface area contributed by atoms with Crippen LogP contribution in [0.5, 0.6) is 11.5 Å². The van der Waals surface area contributed by atoms with Crippen molar-refractivity contribution < 1.29 is 9.47 Å². The maximum atomic E-state index is 6.30. The SMILES string of the molecule is COc1ccc(Br)c(C2C[C@H](N)c3ccc(Br)cc3O2)c1. The van der Waals surface area contributed by atoms with E-state index >= 15 is 0 Å². The van der Waals surface area contributed by atoms with Crippen LogP contribution in [0.3, 0.4) is 0 Å². The largest absolute Gasteiger partial charge is 0.497 e. The standard InChI is InChI=1S/C16H15Br2NO2/c1-20-10-3-5-13(18)12(7-10)16-8-14(19)11-4-2-9(17)6-15(11)21-16/h2-7,14,16H,8,19H2,1H3/t14-,16?/m0/s1. The van der Waals surface area contributed by atoms with Crippen molar-refractivity contribution >= 4 is 31.9 Å². The van der Waals surface area contributed by atoms with Crippen LogP contribution in [0.25, 0.3) is 0 Å². The molecule has 5 heteroatoms. The summed E-state index contributed by atoms with van der Waals surface area (Å²) in [5.41, 5.74) is 8.40. The number of methoxy groups -OCH3 is 1. The molecule has 1 aliphatic heterocycles. The van der Waals surface area contributed by atoms with E-state index in [9.17, 15) is 0 Å². The van der Waals surface area contributed by atoms with Gasteiger partial charge in [-0.25, -0.2) is 0 Å². The molecule has 0 saturated carbocycles. The Balaban J connectivity index is 1.99. The summed E-state index contributed by atoms with van der Waals surface area (Å²) in [6.45, 7) is 0. The minimum absolute atomic E-state index is 0.0371. The van der Waals surface area contributed by atoms with E-state index in [1.807, 2.05) is 36.4 Å². The number of nitrogens with two attached hydrogens (primary N) is 1. The zero-order valence-corrected chi connectivity index (χ0v) is 14.6. The molecule has 21 heavy (non-hydrogen) atoms. The first-order valence-corrected chi connectivity index (χ1v) is 8.22. The summed E-state index contributed by atoms with van der Waals surface area (Å²) >= 11 is 7.06. The van der Waals surface area contributed by atoms with Crippen LogP contribution in [-0.2, 0) is 0 Å². The van der Waals surface area contributed by atoms with Gasteiger partial charge >= 0.3 is 0 Å². The van der Waals surface area contributed by atoms with Crippen LogP contribution in [0.4, 0.5) is 0 Å². The van der Waals surface area contributed by atoms with Crippen molar-refractivity contribution in [1.29, 1.82) is 0 Å². The summed E-state index contributed by atoms with van der Waals surface area (Å²) in [7, 11) is 1.66. The highest BCUT2D eigenvalue weighted by molar-refractivity contribution is 9.10. The molecule has 1 unspecified atom stereocenters. The third-order valence-electron chi connectivity index (χ3n) is 3.66. The van der Waals surface area contributed by atoms with Gasteiger partial charge in [-0.3, -0.25) is 0 Å². The lowest BCUT2D eigenvalue weighted by Crippen LogP contribution is -2.24. The predicted molar refractivity (Wildman–Crippen MR) is 89.8 cm³/mol. The molecule has 3 nitrogen and oxygen atoms in total. The normalized spacial score (nSPS) is 20.6. The zero-order chi connectivity index (χ0) is 15.0.